The van der Waals surface area contributed by atoms with Gasteiger partial charge in [-0.2, -0.15) is 0 Å². The van der Waals surface area contributed by atoms with Gasteiger partial charge in [0, 0.05) is 17.4 Å². The number of ether oxygens (including phenoxy) is 3. The summed E-state index contributed by atoms with van der Waals surface area (Å²) < 4.78 is 15.3. The number of hydrogen-bond donors (Lipinski definition) is 0. The number of carbonyl (C=O) groups excluding carboxylic acids is 3. The van der Waals surface area contributed by atoms with E-state index in [1.165, 1.54) is 6.92 Å². The quantitative estimate of drug-likeness (QED) is 0.434. The summed E-state index contributed by atoms with van der Waals surface area (Å²) in [6, 6.07) is 0. The number of hydrogen-bond acceptors (Lipinski definition) is 6. The number of fused-ring (bicyclic) bond motifs is 5. The van der Waals surface area contributed by atoms with E-state index in [2.05, 4.69) is 6.58 Å². The van der Waals surface area contributed by atoms with Crippen LogP contribution in [0.5, 0.6) is 0 Å². The molecule has 0 amide bonds. The van der Waals surface area contributed by atoms with Crippen molar-refractivity contribution >= 4 is 17.9 Å². The molecule has 3 fully saturated rings. The molecule has 6 nitrogen and oxygen atoms in total. The van der Waals surface area contributed by atoms with E-state index in [-0.39, 0.29) is 41.3 Å². The molecule has 0 radical (unpaired) electrons. The van der Waals surface area contributed by atoms with Crippen LogP contribution >= 0.6 is 0 Å². The Bertz CT molecular complexity index is 510. The Morgan fingerprint density at radius 1 is 1.33 bits per heavy atom. The average Bonchev–Trinajstić information content (AvgIpc) is 3.09. The van der Waals surface area contributed by atoms with Crippen LogP contribution in [0.2, 0.25) is 0 Å². The molecule has 3 rings (SSSR count). The summed E-state index contributed by atoms with van der Waals surface area (Å²) in [7, 11) is 0. The van der Waals surface area contributed by atoms with Crippen LogP contribution in [-0.4, -0.2) is 37.2 Å². The van der Waals surface area contributed by atoms with Crippen LogP contribution in [0.4, 0.5) is 0 Å². The molecular formula is C15H18O6. The van der Waals surface area contributed by atoms with E-state index in [9.17, 15) is 14.4 Å². The van der Waals surface area contributed by atoms with Gasteiger partial charge >= 0.3 is 17.9 Å². The Morgan fingerprint density at radius 3 is 2.81 bits per heavy atom. The summed E-state index contributed by atoms with van der Waals surface area (Å²) in [6.45, 7) is 4.99. The van der Waals surface area contributed by atoms with Crippen molar-refractivity contribution in [2.75, 3.05) is 13.2 Å². The Kier molecular flexibility index (Phi) is 3.47. The maximum atomic E-state index is 11.7. The lowest BCUT2D eigenvalue weighted by atomic mass is 9.80. The Balaban J connectivity index is 1.51. The smallest absolute Gasteiger partial charge is 0.344 e. The SMILES string of the molecule is C=C(C)C(=O)OCC(=O)OC1CC2CC1C1COC(=O)C21. The van der Waals surface area contributed by atoms with E-state index in [1.54, 1.807) is 0 Å². The fraction of sp³-hybridized carbons (Fsp3) is 0.667. The summed E-state index contributed by atoms with van der Waals surface area (Å²) in [5.74, 6) is -0.650. The summed E-state index contributed by atoms with van der Waals surface area (Å²) >= 11 is 0. The first kappa shape index (κ1) is 14.1. The van der Waals surface area contributed by atoms with Crippen molar-refractivity contribution in [1.29, 1.82) is 0 Å². The lowest BCUT2D eigenvalue weighted by molar-refractivity contribution is -0.163. The van der Waals surface area contributed by atoms with E-state index in [0.29, 0.717) is 13.0 Å². The monoisotopic (exact) mass is 294 g/mol. The predicted octanol–water partition coefficient (Wildman–Crippen LogP) is 0.846. The van der Waals surface area contributed by atoms with Gasteiger partial charge in [-0.15, -0.1) is 0 Å². The minimum Gasteiger partial charge on any atom is -0.465 e. The minimum absolute atomic E-state index is 0.00815. The van der Waals surface area contributed by atoms with Crippen molar-refractivity contribution in [2.45, 2.75) is 25.9 Å². The summed E-state index contributed by atoms with van der Waals surface area (Å²) in [5.41, 5.74) is 0.243. The van der Waals surface area contributed by atoms with Gasteiger partial charge in [-0.3, -0.25) is 4.79 Å². The van der Waals surface area contributed by atoms with Crippen LogP contribution in [0.15, 0.2) is 12.2 Å². The van der Waals surface area contributed by atoms with Gasteiger partial charge in [0.25, 0.3) is 0 Å². The fourth-order valence-corrected chi connectivity index (χ4v) is 3.89. The first-order valence-corrected chi connectivity index (χ1v) is 7.16. The third-order valence-electron chi connectivity index (χ3n) is 4.75. The number of carbonyl (C=O) groups is 3. The molecule has 1 saturated heterocycles. The number of esters is 3. The lowest BCUT2D eigenvalue weighted by Crippen LogP contribution is -2.35. The molecule has 0 aromatic heterocycles. The van der Waals surface area contributed by atoms with E-state index in [1.807, 2.05) is 0 Å². The van der Waals surface area contributed by atoms with Crippen LogP contribution < -0.4 is 0 Å². The molecule has 114 valence electrons. The van der Waals surface area contributed by atoms with Crippen molar-refractivity contribution in [3.63, 3.8) is 0 Å². The molecule has 5 unspecified atom stereocenters. The Morgan fingerprint density at radius 2 is 2.10 bits per heavy atom. The number of rotatable bonds is 4. The molecule has 21 heavy (non-hydrogen) atoms. The molecule has 0 N–H and O–H groups in total. The van der Waals surface area contributed by atoms with Gasteiger partial charge in [-0.05, 0) is 25.7 Å². The maximum absolute atomic E-state index is 11.7. The third-order valence-corrected chi connectivity index (χ3v) is 4.75. The van der Waals surface area contributed by atoms with Gasteiger partial charge in [0.2, 0.25) is 0 Å². The molecule has 1 heterocycles. The third kappa shape index (κ3) is 2.43. The second kappa shape index (κ2) is 5.16. The molecule has 2 saturated carbocycles. The predicted molar refractivity (Wildman–Crippen MR) is 69.8 cm³/mol. The van der Waals surface area contributed by atoms with Crippen LogP contribution in [0, 0.1) is 23.7 Å². The van der Waals surface area contributed by atoms with Gasteiger partial charge in [0.05, 0.1) is 12.5 Å². The lowest BCUT2D eigenvalue weighted by Gasteiger charge is -2.28. The Labute approximate surface area is 122 Å². The zero-order chi connectivity index (χ0) is 15.1. The average molecular weight is 294 g/mol. The maximum Gasteiger partial charge on any atom is 0.344 e. The highest BCUT2D eigenvalue weighted by atomic mass is 16.6. The summed E-state index contributed by atoms with van der Waals surface area (Å²) in [5, 5.41) is 0. The second-order valence-electron chi connectivity index (χ2n) is 6.10. The largest absolute Gasteiger partial charge is 0.465 e. The zero-order valence-corrected chi connectivity index (χ0v) is 11.9. The highest BCUT2D eigenvalue weighted by molar-refractivity contribution is 5.88. The van der Waals surface area contributed by atoms with Gasteiger partial charge in [0.1, 0.15) is 6.10 Å². The molecule has 6 heteroatoms. The molecule has 0 aromatic carbocycles. The number of cyclic esters (lactones) is 1. The van der Waals surface area contributed by atoms with Crippen LogP contribution in [-0.2, 0) is 28.6 Å². The van der Waals surface area contributed by atoms with E-state index < -0.39 is 18.5 Å². The first-order valence-electron chi connectivity index (χ1n) is 7.16. The highest BCUT2D eigenvalue weighted by Gasteiger charge is 2.60. The molecular weight excluding hydrogens is 276 g/mol. The van der Waals surface area contributed by atoms with Gasteiger partial charge < -0.3 is 14.2 Å². The fourth-order valence-electron chi connectivity index (χ4n) is 3.89. The van der Waals surface area contributed by atoms with Crippen LogP contribution in [0.3, 0.4) is 0 Å². The molecule has 1 aliphatic heterocycles. The van der Waals surface area contributed by atoms with Crippen LogP contribution in [0.1, 0.15) is 19.8 Å². The van der Waals surface area contributed by atoms with Crippen molar-refractivity contribution in [3.8, 4) is 0 Å². The molecule has 0 aromatic rings. The Hall–Kier alpha value is -1.85. The topological polar surface area (TPSA) is 78.9 Å². The van der Waals surface area contributed by atoms with Crippen molar-refractivity contribution in [1.82, 2.24) is 0 Å². The molecule has 2 aliphatic carbocycles. The molecule has 0 spiro atoms. The first-order chi connectivity index (χ1) is 9.97. The van der Waals surface area contributed by atoms with Crippen molar-refractivity contribution < 1.29 is 28.6 Å². The molecule has 5 atom stereocenters. The zero-order valence-electron chi connectivity index (χ0n) is 11.9. The van der Waals surface area contributed by atoms with Gasteiger partial charge in [-0.1, -0.05) is 6.58 Å². The standard InChI is InChI=1S/C15H18O6/c1-7(2)14(17)20-6-12(16)21-11-4-8-3-9(11)10-5-19-15(18)13(8)10/h8-11,13H,1,3-6H2,2H3. The second-order valence-corrected chi connectivity index (χ2v) is 6.10. The summed E-state index contributed by atoms with van der Waals surface area (Å²) in [4.78, 5) is 34.6. The molecule has 2 bridgehead atoms. The molecule has 3 aliphatic rings. The van der Waals surface area contributed by atoms with E-state index in [0.717, 1.165) is 6.42 Å². The minimum atomic E-state index is -0.602. The van der Waals surface area contributed by atoms with Crippen molar-refractivity contribution in [3.05, 3.63) is 12.2 Å². The van der Waals surface area contributed by atoms with Gasteiger partial charge in [-0.25, -0.2) is 9.59 Å². The normalized spacial score (nSPS) is 36.0. The van der Waals surface area contributed by atoms with E-state index in [4.69, 9.17) is 14.2 Å². The summed E-state index contributed by atoms with van der Waals surface area (Å²) in [6.07, 6.45) is 1.41. The highest BCUT2D eigenvalue weighted by Crippen LogP contribution is 2.55. The van der Waals surface area contributed by atoms with Crippen LogP contribution in [0.25, 0.3) is 0 Å². The van der Waals surface area contributed by atoms with Gasteiger partial charge in [0.15, 0.2) is 6.61 Å². The van der Waals surface area contributed by atoms with Crippen molar-refractivity contribution in [2.24, 2.45) is 23.7 Å². The van der Waals surface area contributed by atoms with E-state index >= 15 is 0 Å².